The normalized spacial score (nSPS) is 15.5. The maximum absolute atomic E-state index is 14.8. The molecule has 3 aromatic rings. The summed E-state index contributed by atoms with van der Waals surface area (Å²) in [5.41, 5.74) is 0.712. The molecular weight excluding hydrogens is 527 g/mol. The number of hydrogen-bond donors (Lipinski definition) is 0. The summed E-state index contributed by atoms with van der Waals surface area (Å²) >= 11 is 0. The van der Waals surface area contributed by atoms with Crippen LogP contribution in [-0.2, 0) is 19.0 Å². The zero-order valence-corrected chi connectivity index (χ0v) is 19.9. The Balaban J connectivity index is 1.58. The van der Waals surface area contributed by atoms with Crippen LogP contribution in [0.2, 0.25) is 0 Å². The quantitative estimate of drug-likeness (QED) is 0.262. The third kappa shape index (κ3) is 6.02. The van der Waals surface area contributed by atoms with Crippen LogP contribution < -0.4 is 9.47 Å². The molecule has 0 saturated heterocycles. The molecule has 4 rings (SSSR count). The van der Waals surface area contributed by atoms with Crippen molar-refractivity contribution in [2.45, 2.75) is 51.5 Å². The van der Waals surface area contributed by atoms with Gasteiger partial charge in [0.2, 0.25) is 5.75 Å². The molecule has 0 amide bonds. The average Bonchev–Trinajstić information content (AvgIpc) is 3.20. The molecule has 0 aromatic heterocycles. The van der Waals surface area contributed by atoms with Gasteiger partial charge in [-0.05, 0) is 59.6 Å². The minimum absolute atomic E-state index is 0.00917. The molecule has 1 unspecified atom stereocenters. The second-order valence-corrected chi connectivity index (χ2v) is 9.10. The topological polar surface area (TPSA) is 18.5 Å². The van der Waals surface area contributed by atoms with E-state index < -0.39 is 52.8 Å². The van der Waals surface area contributed by atoms with Gasteiger partial charge in [-0.25, -0.2) is 17.6 Å². The third-order valence-electron chi connectivity index (χ3n) is 6.29. The molecule has 38 heavy (non-hydrogen) atoms. The number of hydrogen-bond acceptors (Lipinski definition) is 2. The molecular formula is C27H21F9O2. The number of ether oxygens (including phenoxy) is 2. The maximum atomic E-state index is 14.8. The Labute approximate surface area is 212 Å². The first-order valence-electron chi connectivity index (χ1n) is 11.7. The third-order valence-corrected chi connectivity index (χ3v) is 6.29. The van der Waals surface area contributed by atoms with Gasteiger partial charge in [-0.3, -0.25) is 0 Å². The highest BCUT2D eigenvalue weighted by atomic mass is 19.4. The van der Waals surface area contributed by atoms with Crippen molar-refractivity contribution in [3.63, 3.8) is 0 Å². The highest BCUT2D eigenvalue weighted by Gasteiger charge is 2.42. The van der Waals surface area contributed by atoms with Gasteiger partial charge < -0.3 is 9.47 Å². The van der Waals surface area contributed by atoms with Crippen LogP contribution >= 0.6 is 0 Å². The van der Waals surface area contributed by atoms with Crippen LogP contribution in [0.5, 0.6) is 11.5 Å². The van der Waals surface area contributed by atoms with E-state index in [9.17, 15) is 39.5 Å². The summed E-state index contributed by atoms with van der Waals surface area (Å²) in [5.74, 6) is -10.2. The van der Waals surface area contributed by atoms with Crippen molar-refractivity contribution in [2.75, 3.05) is 0 Å². The molecule has 11 heteroatoms. The van der Waals surface area contributed by atoms with E-state index in [1.165, 1.54) is 0 Å². The van der Waals surface area contributed by atoms with Crippen LogP contribution in [0.15, 0.2) is 42.5 Å². The van der Waals surface area contributed by atoms with Gasteiger partial charge in [0.1, 0.15) is 22.9 Å². The summed E-state index contributed by atoms with van der Waals surface area (Å²) in [5, 5.41) is 0. The van der Waals surface area contributed by atoms with Crippen molar-refractivity contribution < 1.29 is 49.0 Å². The highest BCUT2D eigenvalue weighted by Crippen LogP contribution is 2.40. The largest absolute Gasteiger partial charge is 0.573 e. The van der Waals surface area contributed by atoms with Crippen molar-refractivity contribution >= 4 is 0 Å². The van der Waals surface area contributed by atoms with Crippen molar-refractivity contribution in [3.05, 3.63) is 82.4 Å². The minimum atomic E-state index is -5.46. The molecule has 0 fully saturated rings. The Bertz CT molecular complexity index is 1290. The Morgan fingerprint density at radius 3 is 1.92 bits per heavy atom. The molecule has 1 aliphatic rings. The average molecular weight is 548 g/mol. The second-order valence-electron chi connectivity index (χ2n) is 9.10. The number of halogens is 9. The van der Waals surface area contributed by atoms with Crippen molar-refractivity contribution in [2.24, 2.45) is 5.92 Å². The van der Waals surface area contributed by atoms with Crippen LogP contribution in [0, 0.1) is 29.2 Å². The lowest BCUT2D eigenvalue weighted by atomic mass is 9.98. The van der Waals surface area contributed by atoms with E-state index in [0.717, 1.165) is 43.2 Å². The summed E-state index contributed by atoms with van der Waals surface area (Å²) in [6, 6.07) is 6.55. The molecule has 3 aromatic carbocycles. The Morgan fingerprint density at radius 1 is 0.737 bits per heavy atom. The first-order chi connectivity index (χ1) is 17.8. The minimum Gasteiger partial charge on any atom is -0.429 e. The number of benzene rings is 3. The number of fused-ring (bicyclic) bond motifs is 1. The Kier molecular flexibility index (Phi) is 7.58. The summed E-state index contributed by atoms with van der Waals surface area (Å²) < 4.78 is 131. The first kappa shape index (κ1) is 27.7. The van der Waals surface area contributed by atoms with E-state index in [1.54, 1.807) is 12.1 Å². The highest BCUT2D eigenvalue weighted by molar-refractivity contribution is 5.66. The molecule has 0 N–H and O–H groups in total. The SMILES string of the molecule is CCCCC1Cc2ccc(-c3cc(F)c(C(F)(F)Oc4cc(F)c(OC(F)(F)F)c(F)c4)c(F)c3)cc2C1. The first-order valence-corrected chi connectivity index (χ1v) is 11.7. The fourth-order valence-electron chi connectivity index (χ4n) is 4.61. The maximum Gasteiger partial charge on any atom is 0.573 e. The van der Waals surface area contributed by atoms with Gasteiger partial charge in [-0.1, -0.05) is 38.0 Å². The molecule has 0 bridgehead atoms. The van der Waals surface area contributed by atoms with Gasteiger partial charge in [0, 0.05) is 12.1 Å². The van der Waals surface area contributed by atoms with Crippen LogP contribution in [0.1, 0.15) is 42.9 Å². The standard InChI is InChI=1S/C27H21F9O2/c1-2-3-4-14-7-15-5-6-16(9-17(15)8-14)18-10-20(28)24(21(29)11-18)26(32,33)37-19-12-22(30)25(23(31)13-19)38-27(34,35)36/h5-6,9-14H,2-4,7-8H2,1H3. The van der Waals surface area contributed by atoms with Crippen LogP contribution in [0.4, 0.5) is 39.5 Å². The predicted octanol–water partition coefficient (Wildman–Crippen LogP) is 8.84. The molecule has 0 radical (unpaired) electrons. The van der Waals surface area contributed by atoms with E-state index in [-0.39, 0.29) is 17.7 Å². The lowest BCUT2D eigenvalue weighted by Crippen LogP contribution is -2.25. The number of alkyl halides is 5. The van der Waals surface area contributed by atoms with Gasteiger partial charge in [-0.2, -0.15) is 8.78 Å². The summed E-state index contributed by atoms with van der Waals surface area (Å²) in [6.45, 7) is 2.10. The van der Waals surface area contributed by atoms with Crippen LogP contribution in [-0.4, -0.2) is 6.36 Å². The van der Waals surface area contributed by atoms with Gasteiger partial charge in [0.15, 0.2) is 11.6 Å². The van der Waals surface area contributed by atoms with E-state index >= 15 is 0 Å². The number of rotatable bonds is 8. The van der Waals surface area contributed by atoms with Crippen molar-refractivity contribution in [1.82, 2.24) is 0 Å². The van der Waals surface area contributed by atoms with Gasteiger partial charge >= 0.3 is 12.5 Å². The molecule has 0 aliphatic heterocycles. The Morgan fingerprint density at radius 2 is 1.34 bits per heavy atom. The zero-order valence-electron chi connectivity index (χ0n) is 19.9. The smallest absolute Gasteiger partial charge is 0.429 e. The van der Waals surface area contributed by atoms with Gasteiger partial charge in [0.05, 0.1) is 0 Å². The second kappa shape index (κ2) is 10.4. The molecule has 1 atom stereocenters. The zero-order chi connectivity index (χ0) is 27.8. The Hall–Kier alpha value is -3.37. The van der Waals surface area contributed by atoms with Crippen molar-refractivity contribution in [3.8, 4) is 22.6 Å². The van der Waals surface area contributed by atoms with Gasteiger partial charge in [0.25, 0.3) is 0 Å². The molecule has 204 valence electrons. The van der Waals surface area contributed by atoms with Crippen LogP contribution in [0.3, 0.4) is 0 Å². The van der Waals surface area contributed by atoms with E-state index in [2.05, 4.69) is 16.4 Å². The van der Waals surface area contributed by atoms with Crippen LogP contribution in [0.25, 0.3) is 11.1 Å². The molecule has 1 aliphatic carbocycles. The monoisotopic (exact) mass is 548 g/mol. The van der Waals surface area contributed by atoms with Gasteiger partial charge in [-0.15, -0.1) is 13.2 Å². The van der Waals surface area contributed by atoms with E-state index in [1.807, 2.05) is 6.07 Å². The lowest BCUT2D eigenvalue weighted by Gasteiger charge is -2.20. The fraction of sp³-hybridized carbons (Fsp3) is 0.333. The fourth-order valence-corrected chi connectivity index (χ4v) is 4.61. The summed E-state index contributed by atoms with van der Waals surface area (Å²) in [7, 11) is 0. The summed E-state index contributed by atoms with van der Waals surface area (Å²) in [6.07, 6.45) is -5.33. The van der Waals surface area contributed by atoms with Crippen molar-refractivity contribution in [1.29, 1.82) is 0 Å². The molecule has 0 heterocycles. The number of unbranched alkanes of at least 4 members (excludes halogenated alkanes) is 1. The molecule has 2 nitrogen and oxygen atoms in total. The van der Waals surface area contributed by atoms with E-state index in [0.29, 0.717) is 23.6 Å². The molecule has 0 spiro atoms. The van der Waals surface area contributed by atoms with E-state index in [4.69, 9.17) is 0 Å². The molecule has 0 saturated carbocycles. The lowest BCUT2D eigenvalue weighted by molar-refractivity contribution is -0.276. The predicted molar refractivity (Wildman–Crippen MR) is 120 cm³/mol. The summed E-state index contributed by atoms with van der Waals surface area (Å²) in [4.78, 5) is 0.